The summed E-state index contributed by atoms with van der Waals surface area (Å²) in [6.45, 7) is 8.66. The molecule has 10 heteroatoms. The molecule has 4 heterocycles. The number of carbonyl (C=O) groups excluding carboxylic acids is 2. The molecular weight excluding hydrogens is 472 g/mol. The van der Waals surface area contributed by atoms with Gasteiger partial charge in [-0.3, -0.25) is 19.4 Å². The first-order valence-corrected chi connectivity index (χ1v) is 13.1. The summed E-state index contributed by atoms with van der Waals surface area (Å²) >= 11 is 6.11. The van der Waals surface area contributed by atoms with Crippen LogP contribution in [0.3, 0.4) is 0 Å². The van der Waals surface area contributed by atoms with E-state index in [0.29, 0.717) is 60.7 Å². The Bertz CT molecular complexity index is 893. The number of ether oxygens (including phenoxy) is 3. The first kappa shape index (κ1) is 26.0. The minimum atomic E-state index is -0.286. The van der Waals surface area contributed by atoms with Crippen LogP contribution in [0.25, 0.3) is 0 Å². The number of fused-ring (bicyclic) bond motifs is 3. The van der Waals surface area contributed by atoms with Crippen molar-refractivity contribution in [3.05, 3.63) is 22.7 Å². The summed E-state index contributed by atoms with van der Waals surface area (Å²) in [6.07, 6.45) is 3.40. The first-order valence-electron chi connectivity index (χ1n) is 12.7. The van der Waals surface area contributed by atoms with Crippen LogP contribution in [0.4, 0.5) is 5.69 Å². The third kappa shape index (κ3) is 7.00. The van der Waals surface area contributed by atoms with Crippen LogP contribution in [0.2, 0.25) is 5.02 Å². The molecule has 194 valence electrons. The van der Waals surface area contributed by atoms with E-state index in [2.05, 4.69) is 15.1 Å². The van der Waals surface area contributed by atoms with Gasteiger partial charge in [-0.25, -0.2) is 0 Å². The van der Waals surface area contributed by atoms with Crippen LogP contribution in [0.5, 0.6) is 5.75 Å². The van der Waals surface area contributed by atoms with Crippen molar-refractivity contribution in [2.75, 3.05) is 64.8 Å². The van der Waals surface area contributed by atoms with Gasteiger partial charge in [-0.1, -0.05) is 11.6 Å². The SMILES string of the molecule is CCOc1cc(N)c(Cl)cc1C(=O)NCC1CN(CCCC(=O)OC2CN3CCC2CC3)CCO1. The highest BCUT2D eigenvalue weighted by atomic mass is 35.5. The topological polar surface area (TPSA) is 106 Å². The van der Waals surface area contributed by atoms with Crippen LogP contribution >= 0.6 is 11.6 Å². The fourth-order valence-electron chi connectivity index (χ4n) is 5.15. The number of nitrogens with two attached hydrogens (primary N) is 1. The number of hydrogen-bond donors (Lipinski definition) is 2. The second-order valence-corrected chi connectivity index (χ2v) is 9.98. The summed E-state index contributed by atoms with van der Waals surface area (Å²) in [5.74, 6) is 0.566. The van der Waals surface area contributed by atoms with E-state index < -0.39 is 0 Å². The molecule has 9 nitrogen and oxygen atoms in total. The maximum atomic E-state index is 12.8. The maximum Gasteiger partial charge on any atom is 0.306 e. The molecule has 4 aliphatic rings. The lowest BCUT2D eigenvalue weighted by Gasteiger charge is -2.43. The van der Waals surface area contributed by atoms with Gasteiger partial charge >= 0.3 is 5.97 Å². The van der Waals surface area contributed by atoms with E-state index in [0.717, 1.165) is 52.0 Å². The highest BCUT2D eigenvalue weighted by Crippen LogP contribution is 2.30. The second kappa shape index (κ2) is 12.3. The minimum absolute atomic E-state index is 0.0700. The molecule has 4 saturated heterocycles. The van der Waals surface area contributed by atoms with Crippen molar-refractivity contribution in [1.82, 2.24) is 15.1 Å². The summed E-state index contributed by atoms with van der Waals surface area (Å²) in [7, 11) is 0. The van der Waals surface area contributed by atoms with Gasteiger partial charge in [-0.05, 0) is 57.8 Å². The molecule has 0 radical (unpaired) electrons. The number of benzene rings is 1. The van der Waals surface area contributed by atoms with E-state index in [4.69, 9.17) is 31.5 Å². The lowest BCUT2D eigenvalue weighted by atomic mass is 9.86. The van der Waals surface area contributed by atoms with Crippen molar-refractivity contribution >= 4 is 29.2 Å². The number of nitrogen functional groups attached to an aromatic ring is 1. The molecule has 0 aliphatic carbocycles. The monoisotopic (exact) mass is 508 g/mol. The Labute approximate surface area is 212 Å². The van der Waals surface area contributed by atoms with Crippen molar-refractivity contribution in [1.29, 1.82) is 0 Å². The van der Waals surface area contributed by atoms with Crippen LogP contribution in [0.1, 0.15) is 43.0 Å². The van der Waals surface area contributed by atoms with E-state index in [1.54, 1.807) is 6.07 Å². The molecule has 3 N–H and O–H groups in total. The fraction of sp³-hybridized carbons (Fsp3) is 0.680. The Kier molecular flexibility index (Phi) is 9.10. The van der Waals surface area contributed by atoms with E-state index in [1.807, 2.05) is 6.92 Å². The van der Waals surface area contributed by atoms with Gasteiger partial charge in [-0.15, -0.1) is 0 Å². The van der Waals surface area contributed by atoms with E-state index in [1.165, 1.54) is 6.07 Å². The molecule has 0 saturated carbocycles. The number of nitrogens with one attached hydrogen (secondary N) is 1. The average molecular weight is 509 g/mol. The molecule has 4 aliphatic heterocycles. The van der Waals surface area contributed by atoms with Crippen LogP contribution in [-0.4, -0.2) is 92.9 Å². The zero-order valence-electron chi connectivity index (χ0n) is 20.5. The van der Waals surface area contributed by atoms with Gasteiger partial charge in [0.25, 0.3) is 5.91 Å². The quantitative estimate of drug-likeness (QED) is 0.366. The van der Waals surface area contributed by atoms with Crippen LogP contribution < -0.4 is 15.8 Å². The van der Waals surface area contributed by atoms with Crippen molar-refractivity contribution in [2.24, 2.45) is 5.92 Å². The predicted molar refractivity (Wildman–Crippen MR) is 134 cm³/mol. The average Bonchev–Trinajstić information content (AvgIpc) is 2.86. The van der Waals surface area contributed by atoms with Crippen LogP contribution in [0.15, 0.2) is 12.1 Å². The normalized spacial score (nSPS) is 26.3. The van der Waals surface area contributed by atoms with E-state index >= 15 is 0 Å². The zero-order valence-corrected chi connectivity index (χ0v) is 21.2. The van der Waals surface area contributed by atoms with Gasteiger partial charge < -0.3 is 25.3 Å². The molecule has 1 amide bonds. The summed E-state index contributed by atoms with van der Waals surface area (Å²) < 4.78 is 17.2. The number of piperidine rings is 3. The van der Waals surface area contributed by atoms with Crippen molar-refractivity contribution < 1.29 is 23.8 Å². The molecule has 1 aromatic carbocycles. The number of esters is 1. The number of morpholine rings is 1. The van der Waals surface area contributed by atoms with E-state index in [9.17, 15) is 9.59 Å². The summed E-state index contributed by atoms with van der Waals surface area (Å²) in [5.41, 5.74) is 6.56. The van der Waals surface area contributed by atoms with Gasteiger partial charge in [0.05, 0.1) is 35.6 Å². The Hall–Kier alpha value is -2.07. The summed E-state index contributed by atoms with van der Waals surface area (Å²) in [6, 6.07) is 3.10. The number of nitrogens with zero attached hydrogens (tertiary/aromatic N) is 2. The molecule has 35 heavy (non-hydrogen) atoms. The third-order valence-corrected chi connectivity index (χ3v) is 7.42. The van der Waals surface area contributed by atoms with Gasteiger partial charge in [0.1, 0.15) is 11.9 Å². The predicted octanol–water partition coefficient (Wildman–Crippen LogP) is 2.17. The Morgan fingerprint density at radius 2 is 2.03 bits per heavy atom. The van der Waals surface area contributed by atoms with Gasteiger partial charge in [0, 0.05) is 38.7 Å². The summed E-state index contributed by atoms with van der Waals surface area (Å²) in [5, 5.41) is 3.23. The highest BCUT2D eigenvalue weighted by Gasteiger charge is 2.36. The third-order valence-electron chi connectivity index (χ3n) is 7.09. The lowest BCUT2D eigenvalue weighted by Crippen LogP contribution is -2.52. The Balaban J connectivity index is 1.18. The van der Waals surface area contributed by atoms with Gasteiger partial charge in [-0.2, -0.15) is 0 Å². The number of anilines is 1. The van der Waals surface area contributed by atoms with Crippen molar-refractivity contribution in [3.8, 4) is 5.75 Å². The standard InChI is InChI=1S/C25H37ClN4O5/c1-2-33-22-13-21(27)20(26)12-19(22)25(32)28-14-18-15-29(10-11-34-18)7-3-4-24(31)35-23-16-30-8-5-17(23)6-9-30/h12-13,17-18,23H,2-11,14-16,27H2,1H3,(H,28,32). The highest BCUT2D eigenvalue weighted by molar-refractivity contribution is 6.33. The molecule has 0 aromatic heterocycles. The van der Waals surface area contributed by atoms with Crippen molar-refractivity contribution in [2.45, 2.75) is 44.8 Å². The Morgan fingerprint density at radius 1 is 1.23 bits per heavy atom. The molecule has 4 fully saturated rings. The number of rotatable bonds is 10. The maximum absolute atomic E-state index is 12.8. The molecular formula is C25H37ClN4O5. The molecule has 5 rings (SSSR count). The molecule has 2 unspecified atom stereocenters. The molecule has 1 aromatic rings. The minimum Gasteiger partial charge on any atom is -0.493 e. The van der Waals surface area contributed by atoms with Crippen LogP contribution in [0, 0.1) is 5.92 Å². The second-order valence-electron chi connectivity index (χ2n) is 9.58. The number of carbonyl (C=O) groups is 2. The smallest absolute Gasteiger partial charge is 0.306 e. The van der Waals surface area contributed by atoms with Crippen molar-refractivity contribution in [3.63, 3.8) is 0 Å². The number of halogens is 1. The molecule has 2 bridgehead atoms. The number of amides is 1. The Morgan fingerprint density at radius 3 is 2.74 bits per heavy atom. The van der Waals surface area contributed by atoms with Gasteiger partial charge in [0.2, 0.25) is 0 Å². The first-order chi connectivity index (χ1) is 16.9. The molecule has 0 spiro atoms. The van der Waals surface area contributed by atoms with Crippen LogP contribution in [-0.2, 0) is 14.3 Å². The summed E-state index contributed by atoms with van der Waals surface area (Å²) in [4.78, 5) is 29.8. The van der Waals surface area contributed by atoms with Gasteiger partial charge in [0.15, 0.2) is 0 Å². The number of hydrogen-bond acceptors (Lipinski definition) is 8. The molecule has 2 atom stereocenters. The largest absolute Gasteiger partial charge is 0.493 e. The van der Waals surface area contributed by atoms with E-state index in [-0.39, 0.29) is 24.1 Å². The fourth-order valence-corrected chi connectivity index (χ4v) is 5.31. The lowest BCUT2D eigenvalue weighted by molar-refractivity contribution is -0.159. The zero-order chi connectivity index (χ0) is 24.8.